The molecule has 0 amide bonds. The minimum atomic E-state index is -0.475. The summed E-state index contributed by atoms with van der Waals surface area (Å²) in [5.41, 5.74) is 1.92. The van der Waals surface area contributed by atoms with Gasteiger partial charge in [0.25, 0.3) is 0 Å². The normalized spacial score (nSPS) is 11.9. The lowest BCUT2D eigenvalue weighted by Gasteiger charge is -2.09. The highest BCUT2D eigenvalue weighted by Crippen LogP contribution is 2.23. The highest BCUT2D eigenvalue weighted by molar-refractivity contribution is 8.01. The molecular weight excluding hydrogens is 306 g/mol. The first kappa shape index (κ1) is 18.3. The highest BCUT2D eigenvalue weighted by Gasteiger charge is 2.26. The van der Waals surface area contributed by atoms with Crippen molar-refractivity contribution in [3.05, 3.63) is 22.5 Å². The van der Waals surface area contributed by atoms with Crippen molar-refractivity contribution in [3.63, 3.8) is 0 Å². The maximum Gasteiger partial charge on any atom is 0.339 e. The zero-order valence-electron chi connectivity index (χ0n) is 13.4. The lowest BCUT2D eigenvalue weighted by molar-refractivity contribution is -0.139. The molecule has 1 unspecified atom stereocenters. The Labute approximate surface area is 133 Å². The number of ketones is 1. The summed E-state index contributed by atoms with van der Waals surface area (Å²) in [6, 6.07) is 0. The molecule has 22 heavy (non-hydrogen) atoms. The van der Waals surface area contributed by atoms with E-state index in [0.717, 1.165) is 0 Å². The van der Waals surface area contributed by atoms with E-state index in [2.05, 4.69) is 4.98 Å². The second-order valence-corrected chi connectivity index (χ2v) is 6.07. The van der Waals surface area contributed by atoms with Crippen molar-refractivity contribution in [1.82, 2.24) is 4.98 Å². The maximum atomic E-state index is 12.5. The van der Waals surface area contributed by atoms with E-state index in [1.165, 1.54) is 18.9 Å². The minimum Gasteiger partial charge on any atom is -0.465 e. The van der Waals surface area contributed by atoms with Gasteiger partial charge in [0.05, 0.1) is 36.0 Å². The Morgan fingerprint density at radius 1 is 1.27 bits per heavy atom. The molecule has 122 valence electrons. The number of methoxy groups -OCH3 is 1. The molecule has 1 atom stereocenters. The van der Waals surface area contributed by atoms with Gasteiger partial charge in [-0.2, -0.15) is 0 Å². The van der Waals surface area contributed by atoms with Gasteiger partial charge < -0.3 is 14.5 Å². The van der Waals surface area contributed by atoms with E-state index in [4.69, 9.17) is 9.47 Å². The number of hydrogen-bond donors (Lipinski definition) is 1. The quantitative estimate of drug-likeness (QED) is 0.611. The number of rotatable bonds is 7. The fraction of sp³-hybridized carbons (Fsp3) is 0.533. The third kappa shape index (κ3) is 4.13. The van der Waals surface area contributed by atoms with E-state index < -0.39 is 11.2 Å². The number of hydrogen-bond acceptors (Lipinski definition) is 6. The van der Waals surface area contributed by atoms with Crippen molar-refractivity contribution >= 4 is 29.5 Å². The number of aromatic nitrogens is 1. The van der Waals surface area contributed by atoms with Crippen LogP contribution in [-0.2, 0) is 14.3 Å². The molecule has 7 heteroatoms. The molecule has 1 aromatic rings. The fourth-order valence-electron chi connectivity index (χ4n) is 2.08. The first-order valence-corrected chi connectivity index (χ1v) is 7.97. The number of aryl methyl sites for hydroxylation is 1. The largest absolute Gasteiger partial charge is 0.465 e. The van der Waals surface area contributed by atoms with E-state index in [1.807, 2.05) is 0 Å². The Hall–Kier alpha value is -1.76. The van der Waals surface area contributed by atoms with Crippen molar-refractivity contribution < 1.29 is 23.9 Å². The average Bonchev–Trinajstić information content (AvgIpc) is 2.78. The van der Waals surface area contributed by atoms with Crippen LogP contribution in [0.4, 0.5) is 0 Å². The minimum absolute atomic E-state index is 0.114. The molecule has 0 aromatic carbocycles. The maximum absolute atomic E-state index is 12.5. The van der Waals surface area contributed by atoms with E-state index in [-0.39, 0.29) is 17.5 Å². The first-order chi connectivity index (χ1) is 10.3. The molecule has 0 saturated heterocycles. The zero-order chi connectivity index (χ0) is 16.9. The van der Waals surface area contributed by atoms with Crippen molar-refractivity contribution in [3.8, 4) is 0 Å². The summed E-state index contributed by atoms with van der Waals surface area (Å²) in [5.74, 6) is -0.868. The highest BCUT2D eigenvalue weighted by atomic mass is 32.2. The van der Waals surface area contributed by atoms with Gasteiger partial charge in [-0.1, -0.05) is 0 Å². The molecule has 1 rings (SSSR count). The van der Waals surface area contributed by atoms with Gasteiger partial charge in [-0.15, -0.1) is 11.8 Å². The number of ether oxygens (including phenoxy) is 2. The lowest BCUT2D eigenvalue weighted by atomic mass is 10.1. The Bertz CT molecular complexity index is 579. The number of nitrogens with one attached hydrogen (secondary N) is 1. The summed E-state index contributed by atoms with van der Waals surface area (Å²) < 4.78 is 9.55. The predicted molar refractivity (Wildman–Crippen MR) is 84.5 cm³/mol. The van der Waals surface area contributed by atoms with E-state index >= 15 is 0 Å². The topological polar surface area (TPSA) is 85.5 Å². The van der Waals surface area contributed by atoms with Crippen LogP contribution in [0.5, 0.6) is 0 Å². The summed E-state index contributed by atoms with van der Waals surface area (Å²) >= 11 is 1.21. The van der Waals surface area contributed by atoms with Crippen LogP contribution in [-0.4, -0.2) is 47.4 Å². The fourth-order valence-corrected chi connectivity index (χ4v) is 2.82. The number of carbonyl (C=O) groups is 3. The first-order valence-electron chi connectivity index (χ1n) is 6.92. The Balaban J connectivity index is 2.85. The smallest absolute Gasteiger partial charge is 0.339 e. The molecule has 0 spiro atoms. The van der Waals surface area contributed by atoms with Gasteiger partial charge >= 0.3 is 11.9 Å². The molecule has 1 N–H and O–H groups in total. The summed E-state index contributed by atoms with van der Waals surface area (Å²) in [4.78, 5) is 38.5. The van der Waals surface area contributed by atoms with Crippen LogP contribution >= 0.6 is 11.8 Å². The molecule has 0 aliphatic carbocycles. The van der Waals surface area contributed by atoms with Crippen molar-refractivity contribution in [2.75, 3.05) is 19.5 Å². The molecule has 0 bridgehead atoms. The van der Waals surface area contributed by atoms with Gasteiger partial charge in [0.1, 0.15) is 0 Å². The zero-order valence-corrected chi connectivity index (χ0v) is 14.3. The molecule has 0 saturated carbocycles. The number of thioether (sulfide) groups is 1. The van der Waals surface area contributed by atoms with E-state index in [1.54, 1.807) is 27.7 Å². The van der Waals surface area contributed by atoms with Crippen LogP contribution < -0.4 is 0 Å². The SMILES string of the molecule is CCOC(=O)CSC(C)C(=O)c1[nH]c(C)c(C(=O)OC)c1C. The summed E-state index contributed by atoms with van der Waals surface area (Å²) in [6.07, 6.45) is 0. The number of esters is 2. The predicted octanol–water partition coefficient (Wildman–Crippen LogP) is 2.29. The molecule has 1 aromatic heterocycles. The summed E-state index contributed by atoms with van der Waals surface area (Å²) in [6.45, 7) is 7.19. The van der Waals surface area contributed by atoms with Gasteiger partial charge in [-0.05, 0) is 33.3 Å². The Kier molecular flexibility index (Phi) is 6.67. The second kappa shape index (κ2) is 8.03. The van der Waals surface area contributed by atoms with Crippen molar-refractivity contribution in [1.29, 1.82) is 0 Å². The molecule has 0 radical (unpaired) electrons. The summed E-state index contributed by atoms with van der Waals surface area (Å²) in [7, 11) is 1.30. The molecule has 0 aliphatic rings. The van der Waals surface area contributed by atoms with Crippen LogP contribution in [0.15, 0.2) is 0 Å². The molecule has 0 aliphatic heterocycles. The molecular formula is C15H21NO5S. The number of aromatic amines is 1. The molecule has 1 heterocycles. The van der Waals surface area contributed by atoms with Crippen LogP contribution in [0.1, 0.15) is 46.0 Å². The Morgan fingerprint density at radius 3 is 2.45 bits per heavy atom. The Morgan fingerprint density at radius 2 is 1.91 bits per heavy atom. The van der Waals surface area contributed by atoms with Crippen LogP contribution in [0.3, 0.4) is 0 Å². The average molecular weight is 327 g/mol. The van der Waals surface area contributed by atoms with Gasteiger partial charge in [0.2, 0.25) is 0 Å². The monoisotopic (exact) mass is 327 g/mol. The van der Waals surface area contributed by atoms with Crippen LogP contribution in [0.2, 0.25) is 0 Å². The van der Waals surface area contributed by atoms with Gasteiger partial charge in [-0.3, -0.25) is 9.59 Å². The summed E-state index contributed by atoms with van der Waals surface area (Å²) in [5, 5.41) is -0.424. The third-order valence-electron chi connectivity index (χ3n) is 3.20. The standard InChI is InChI=1S/C15H21NO5S/c1-6-21-11(17)7-22-10(4)14(18)13-8(2)12(9(3)16-13)15(19)20-5/h10,16H,6-7H2,1-5H3. The van der Waals surface area contributed by atoms with Gasteiger partial charge in [-0.25, -0.2) is 4.79 Å². The number of H-pyrrole nitrogens is 1. The van der Waals surface area contributed by atoms with Gasteiger partial charge in [0.15, 0.2) is 5.78 Å². The second-order valence-electron chi connectivity index (χ2n) is 4.74. The van der Waals surface area contributed by atoms with Crippen molar-refractivity contribution in [2.45, 2.75) is 32.9 Å². The van der Waals surface area contributed by atoms with E-state index in [9.17, 15) is 14.4 Å². The van der Waals surface area contributed by atoms with E-state index in [0.29, 0.717) is 29.1 Å². The number of Topliss-reactive ketones (excluding diaryl/α,β-unsaturated/α-hetero) is 1. The van der Waals surface area contributed by atoms with Crippen LogP contribution in [0.25, 0.3) is 0 Å². The van der Waals surface area contributed by atoms with Crippen molar-refractivity contribution in [2.24, 2.45) is 0 Å². The van der Waals surface area contributed by atoms with Crippen LogP contribution in [0, 0.1) is 13.8 Å². The number of carbonyl (C=O) groups excluding carboxylic acids is 3. The molecule has 6 nitrogen and oxygen atoms in total. The third-order valence-corrected chi connectivity index (χ3v) is 4.32. The lowest BCUT2D eigenvalue weighted by Crippen LogP contribution is -2.18. The van der Waals surface area contributed by atoms with Gasteiger partial charge in [0, 0.05) is 5.69 Å². The molecule has 0 fully saturated rings.